The van der Waals surface area contributed by atoms with E-state index >= 15 is 0 Å². The summed E-state index contributed by atoms with van der Waals surface area (Å²) in [6.45, 7) is 4.97. The van der Waals surface area contributed by atoms with E-state index in [1.54, 1.807) is 7.11 Å². The van der Waals surface area contributed by atoms with E-state index in [2.05, 4.69) is 12.2 Å². The van der Waals surface area contributed by atoms with Gasteiger partial charge in [-0.25, -0.2) is 0 Å². The van der Waals surface area contributed by atoms with E-state index in [9.17, 15) is 0 Å². The molecule has 1 aliphatic carbocycles. The van der Waals surface area contributed by atoms with Gasteiger partial charge in [-0.3, -0.25) is 0 Å². The average Bonchev–Trinajstić information content (AvgIpc) is 2.23. The predicted octanol–water partition coefficient (Wildman–Crippen LogP) is 0.539. The highest BCUT2D eigenvalue weighted by Crippen LogP contribution is 2.27. The Morgan fingerprint density at radius 2 is 2.20 bits per heavy atom. The Bertz CT molecular complexity index is 173. The van der Waals surface area contributed by atoms with Crippen molar-refractivity contribution in [1.82, 2.24) is 5.32 Å². The van der Waals surface area contributed by atoms with Gasteiger partial charge in [0.25, 0.3) is 0 Å². The largest absolute Gasteiger partial charge is 0.395 e. The average molecular weight is 217 g/mol. The lowest BCUT2D eigenvalue weighted by Gasteiger charge is -2.44. The maximum atomic E-state index is 9.09. The first-order chi connectivity index (χ1) is 7.26. The molecule has 4 heteroatoms. The zero-order valence-electron chi connectivity index (χ0n) is 9.90. The summed E-state index contributed by atoms with van der Waals surface area (Å²) in [6, 6.07) is 0.499. The van der Waals surface area contributed by atoms with E-state index < -0.39 is 0 Å². The van der Waals surface area contributed by atoms with Gasteiger partial charge in [0.15, 0.2) is 0 Å². The lowest BCUT2D eigenvalue weighted by molar-refractivity contribution is -0.133. The molecule has 4 nitrogen and oxygen atoms in total. The minimum absolute atomic E-state index is 0.130. The Labute approximate surface area is 92.0 Å². The number of methoxy groups -OCH3 is 1. The number of ether oxygens (including phenoxy) is 2. The van der Waals surface area contributed by atoms with E-state index in [4.69, 9.17) is 14.6 Å². The van der Waals surface area contributed by atoms with Gasteiger partial charge < -0.3 is 19.9 Å². The van der Waals surface area contributed by atoms with E-state index in [-0.39, 0.29) is 24.9 Å². The molecular formula is C11H23NO3. The van der Waals surface area contributed by atoms with Crippen LogP contribution in [-0.4, -0.2) is 49.7 Å². The molecule has 0 aromatic heterocycles. The molecule has 0 spiro atoms. The van der Waals surface area contributed by atoms with Crippen LogP contribution in [0.15, 0.2) is 0 Å². The van der Waals surface area contributed by atoms with Crippen molar-refractivity contribution in [3.05, 3.63) is 0 Å². The molecule has 1 saturated carbocycles. The number of hydrogen-bond donors (Lipinski definition) is 2. The second-order valence-electron chi connectivity index (χ2n) is 3.99. The Hall–Kier alpha value is -0.160. The molecule has 0 aromatic carbocycles. The van der Waals surface area contributed by atoms with Gasteiger partial charge in [-0.2, -0.15) is 0 Å². The molecule has 0 radical (unpaired) electrons. The maximum Gasteiger partial charge on any atom is 0.0986 e. The number of nitrogens with one attached hydrogen (secondary N) is 1. The quantitative estimate of drug-likeness (QED) is 0.653. The molecule has 2 N–H and O–H groups in total. The third-order valence-corrected chi connectivity index (χ3v) is 3.07. The van der Waals surface area contributed by atoms with Crippen LogP contribution < -0.4 is 5.32 Å². The van der Waals surface area contributed by atoms with E-state index in [1.165, 1.54) is 0 Å². The van der Waals surface area contributed by atoms with Crippen LogP contribution in [0.4, 0.5) is 0 Å². The second-order valence-corrected chi connectivity index (χ2v) is 3.99. The van der Waals surface area contributed by atoms with Crippen LogP contribution in [0.2, 0.25) is 0 Å². The van der Waals surface area contributed by atoms with Gasteiger partial charge >= 0.3 is 0 Å². The van der Waals surface area contributed by atoms with Crippen molar-refractivity contribution >= 4 is 0 Å². The van der Waals surface area contributed by atoms with Crippen molar-refractivity contribution in [2.45, 2.75) is 51.0 Å². The van der Waals surface area contributed by atoms with Crippen molar-refractivity contribution < 1.29 is 14.6 Å². The third kappa shape index (κ3) is 3.14. The Balaban J connectivity index is 2.32. The molecule has 4 unspecified atom stereocenters. The standard InChI is InChI=1S/C11H23NO3/c1-4-8(7-13)12-9-6-10(15-5-2)11(9)14-3/h8-13H,4-7H2,1-3H3. The van der Waals surface area contributed by atoms with Crippen LogP contribution in [0.3, 0.4) is 0 Å². The monoisotopic (exact) mass is 217 g/mol. The molecule has 0 bridgehead atoms. The number of aliphatic hydroxyl groups excluding tert-OH is 1. The molecule has 0 aromatic rings. The van der Waals surface area contributed by atoms with Gasteiger partial charge in [-0.05, 0) is 19.8 Å². The smallest absolute Gasteiger partial charge is 0.0986 e. The van der Waals surface area contributed by atoms with Crippen LogP contribution in [0.1, 0.15) is 26.7 Å². The van der Waals surface area contributed by atoms with Gasteiger partial charge in [-0.1, -0.05) is 6.92 Å². The normalized spacial score (nSPS) is 32.4. The fraction of sp³-hybridized carbons (Fsp3) is 1.00. The highest BCUT2D eigenvalue weighted by molar-refractivity contribution is 4.98. The lowest BCUT2D eigenvalue weighted by Crippen LogP contribution is -2.62. The zero-order chi connectivity index (χ0) is 11.3. The predicted molar refractivity (Wildman–Crippen MR) is 58.9 cm³/mol. The van der Waals surface area contributed by atoms with Gasteiger partial charge in [-0.15, -0.1) is 0 Å². The summed E-state index contributed by atoms with van der Waals surface area (Å²) in [5, 5.41) is 12.5. The molecule has 1 rings (SSSR count). The van der Waals surface area contributed by atoms with Crippen molar-refractivity contribution in [3.8, 4) is 0 Å². The molecule has 4 atom stereocenters. The number of hydrogen-bond acceptors (Lipinski definition) is 4. The van der Waals surface area contributed by atoms with Crippen LogP contribution in [-0.2, 0) is 9.47 Å². The Kier molecular flexibility index (Phi) is 5.53. The van der Waals surface area contributed by atoms with Crippen molar-refractivity contribution in [2.75, 3.05) is 20.3 Å². The summed E-state index contributed by atoms with van der Waals surface area (Å²) in [5.74, 6) is 0. The first-order valence-electron chi connectivity index (χ1n) is 5.78. The summed E-state index contributed by atoms with van der Waals surface area (Å²) >= 11 is 0. The van der Waals surface area contributed by atoms with Gasteiger partial charge in [0.2, 0.25) is 0 Å². The highest BCUT2D eigenvalue weighted by Gasteiger charge is 2.42. The van der Waals surface area contributed by atoms with Crippen LogP contribution in [0, 0.1) is 0 Å². The highest BCUT2D eigenvalue weighted by atomic mass is 16.5. The molecule has 90 valence electrons. The molecule has 0 aliphatic heterocycles. The van der Waals surface area contributed by atoms with Gasteiger partial charge in [0, 0.05) is 25.8 Å². The van der Waals surface area contributed by atoms with Crippen LogP contribution >= 0.6 is 0 Å². The first-order valence-corrected chi connectivity index (χ1v) is 5.78. The fourth-order valence-electron chi connectivity index (χ4n) is 2.04. The molecule has 0 saturated heterocycles. The third-order valence-electron chi connectivity index (χ3n) is 3.07. The zero-order valence-corrected chi connectivity index (χ0v) is 9.90. The van der Waals surface area contributed by atoms with Gasteiger partial charge in [0.05, 0.1) is 18.8 Å². The van der Waals surface area contributed by atoms with Crippen LogP contribution in [0.5, 0.6) is 0 Å². The minimum atomic E-state index is 0.130. The molecule has 0 amide bonds. The summed E-state index contributed by atoms with van der Waals surface area (Å²) in [6.07, 6.45) is 2.25. The lowest BCUT2D eigenvalue weighted by atomic mass is 9.84. The van der Waals surface area contributed by atoms with Crippen molar-refractivity contribution in [3.63, 3.8) is 0 Å². The maximum absolute atomic E-state index is 9.09. The number of rotatable bonds is 7. The molecule has 0 heterocycles. The van der Waals surface area contributed by atoms with Crippen LogP contribution in [0.25, 0.3) is 0 Å². The topological polar surface area (TPSA) is 50.7 Å². The minimum Gasteiger partial charge on any atom is -0.395 e. The SMILES string of the molecule is CCOC1CC(NC(CC)CO)C1OC. The molecule has 1 fully saturated rings. The summed E-state index contributed by atoms with van der Waals surface area (Å²) in [7, 11) is 1.71. The summed E-state index contributed by atoms with van der Waals surface area (Å²) in [4.78, 5) is 0. The molecule has 15 heavy (non-hydrogen) atoms. The van der Waals surface area contributed by atoms with Gasteiger partial charge in [0.1, 0.15) is 0 Å². The second kappa shape index (κ2) is 6.43. The Morgan fingerprint density at radius 3 is 2.67 bits per heavy atom. The van der Waals surface area contributed by atoms with Crippen molar-refractivity contribution in [1.29, 1.82) is 0 Å². The van der Waals surface area contributed by atoms with Crippen molar-refractivity contribution in [2.24, 2.45) is 0 Å². The number of aliphatic hydroxyl groups is 1. The Morgan fingerprint density at radius 1 is 1.47 bits per heavy atom. The molecular weight excluding hydrogens is 194 g/mol. The van der Waals surface area contributed by atoms with E-state index in [0.717, 1.165) is 19.4 Å². The molecule has 1 aliphatic rings. The summed E-state index contributed by atoms with van der Waals surface area (Å²) in [5.41, 5.74) is 0. The van der Waals surface area contributed by atoms with E-state index in [0.29, 0.717) is 6.04 Å². The summed E-state index contributed by atoms with van der Waals surface area (Å²) < 4.78 is 10.9. The first kappa shape index (κ1) is 12.9. The van der Waals surface area contributed by atoms with E-state index in [1.807, 2.05) is 6.92 Å². The fourth-order valence-corrected chi connectivity index (χ4v) is 2.04.